The first-order chi connectivity index (χ1) is 8.19. The van der Waals surface area contributed by atoms with Crippen molar-refractivity contribution in [3.8, 4) is 6.07 Å². The number of hydrogen-bond donors (Lipinski definition) is 1. The second kappa shape index (κ2) is 4.98. The van der Waals surface area contributed by atoms with Crippen LogP contribution in [-0.4, -0.2) is 0 Å². The summed E-state index contributed by atoms with van der Waals surface area (Å²) >= 11 is 3.28. The van der Waals surface area contributed by atoms with Gasteiger partial charge in [-0.05, 0) is 36.4 Å². The molecule has 2 aromatic rings. The molecule has 0 aromatic heterocycles. The van der Waals surface area contributed by atoms with Crippen LogP contribution in [0.2, 0.25) is 0 Å². The number of nitrogens with zero attached hydrogens (tertiary/aromatic N) is 1. The number of benzene rings is 2. The van der Waals surface area contributed by atoms with E-state index in [-0.39, 0.29) is 5.82 Å². The molecular weight excluding hydrogens is 283 g/mol. The van der Waals surface area contributed by atoms with E-state index < -0.39 is 0 Å². The van der Waals surface area contributed by atoms with Gasteiger partial charge in [-0.2, -0.15) is 5.26 Å². The molecule has 17 heavy (non-hydrogen) atoms. The highest BCUT2D eigenvalue weighted by Crippen LogP contribution is 2.24. The number of nitrogens with one attached hydrogen (secondary N) is 1. The topological polar surface area (TPSA) is 35.8 Å². The first kappa shape index (κ1) is 11.6. The van der Waals surface area contributed by atoms with Crippen molar-refractivity contribution in [3.63, 3.8) is 0 Å². The highest BCUT2D eigenvalue weighted by molar-refractivity contribution is 9.10. The van der Waals surface area contributed by atoms with Crippen LogP contribution in [0.25, 0.3) is 0 Å². The van der Waals surface area contributed by atoms with Crippen molar-refractivity contribution in [2.24, 2.45) is 0 Å². The van der Waals surface area contributed by atoms with Crippen LogP contribution >= 0.6 is 15.9 Å². The van der Waals surface area contributed by atoms with Crippen molar-refractivity contribution in [2.45, 2.75) is 0 Å². The van der Waals surface area contributed by atoms with Gasteiger partial charge >= 0.3 is 0 Å². The minimum absolute atomic E-state index is 0.337. The lowest BCUT2D eigenvalue weighted by Gasteiger charge is -2.08. The van der Waals surface area contributed by atoms with Gasteiger partial charge in [-0.1, -0.05) is 22.0 Å². The van der Waals surface area contributed by atoms with Crippen LogP contribution in [0.15, 0.2) is 46.9 Å². The summed E-state index contributed by atoms with van der Waals surface area (Å²) in [6.45, 7) is 0. The number of anilines is 2. The van der Waals surface area contributed by atoms with Gasteiger partial charge in [0.05, 0.1) is 17.3 Å². The van der Waals surface area contributed by atoms with Gasteiger partial charge in [0.2, 0.25) is 0 Å². The fourth-order valence-electron chi connectivity index (χ4n) is 1.42. The summed E-state index contributed by atoms with van der Waals surface area (Å²) in [6, 6.07) is 13.6. The Labute approximate surface area is 107 Å². The van der Waals surface area contributed by atoms with Crippen molar-refractivity contribution in [1.82, 2.24) is 0 Å². The summed E-state index contributed by atoms with van der Waals surface area (Å²) in [6.07, 6.45) is 0. The molecule has 2 nitrogen and oxygen atoms in total. The third-order valence-electron chi connectivity index (χ3n) is 2.20. The molecule has 0 amide bonds. The van der Waals surface area contributed by atoms with Gasteiger partial charge in [-0.25, -0.2) is 4.39 Å². The lowest BCUT2D eigenvalue weighted by atomic mass is 10.2. The molecule has 4 heteroatoms. The minimum Gasteiger partial charge on any atom is -0.353 e. The number of hydrogen-bond acceptors (Lipinski definition) is 2. The van der Waals surface area contributed by atoms with Crippen LogP contribution in [0.5, 0.6) is 0 Å². The molecule has 0 unspecified atom stereocenters. The smallest absolute Gasteiger partial charge is 0.146 e. The molecular formula is C13H8BrFN2. The lowest BCUT2D eigenvalue weighted by molar-refractivity contribution is 0.631. The average molecular weight is 291 g/mol. The summed E-state index contributed by atoms with van der Waals surface area (Å²) in [5.74, 6) is -0.337. The maximum Gasteiger partial charge on any atom is 0.146 e. The monoisotopic (exact) mass is 290 g/mol. The molecule has 84 valence electrons. The zero-order valence-electron chi connectivity index (χ0n) is 8.74. The summed E-state index contributed by atoms with van der Waals surface area (Å²) in [5.41, 5.74) is 1.58. The van der Waals surface area contributed by atoms with Crippen molar-refractivity contribution < 1.29 is 4.39 Å². The van der Waals surface area contributed by atoms with E-state index in [1.54, 1.807) is 36.4 Å². The summed E-state index contributed by atoms with van der Waals surface area (Å²) in [7, 11) is 0. The predicted molar refractivity (Wildman–Crippen MR) is 68.5 cm³/mol. The fraction of sp³-hybridized carbons (Fsp3) is 0. The summed E-state index contributed by atoms with van der Waals surface area (Å²) in [5, 5.41) is 11.7. The second-order valence-electron chi connectivity index (χ2n) is 3.44. The van der Waals surface area contributed by atoms with Crippen LogP contribution < -0.4 is 5.32 Å². The van der Waals surface area contributed by atoms with E-state index in [9.17, 15) is 4.39 Å². The molecule has 0 saturated heterocycles. The zero-order valence-corrected chi connectivity index (χ0v) is 10.3. The van der Waals surface area contributed by atoms with Gasteiger partial charge in [-0.15, -0.1) is 0 Å². The van der Waals surface area contributed by atoms with Gasteiger partial charge in [0.15, 0.2) is 0 Å². The molecule has 2 aromatic carbocycles. The number of rotatable bonds is 2. The van der Waals surface area contributed by atoms with Crippen LogP contribution in [0.3, 0.4) is 0 Å². The standard InChI is InChI=1S/C13H8BrFN2/c14-10-4-5-12(15)13(7-10)17-11-3-1-2-9(6-11)8-16/h1-7,17H. The maximum atomic E-state index is 13.5. The van der Waals surface area contributed by atoms with Crippen LogP contribution in [0, 0.1) is 17.1 Å². The Bertz CT molecular complexity index is 590. The molecule has 0 bridgehead atoms. The van der Waals surface area contributed by atoms with E-state index in [0.717, 1.165) is 4.47 Å². The minimum atomic E-state index is -0.337. The molecule has 0 radical (unpaired) electrons. The van der Waals surface area contributed by atoms with E-state index in [1.165, 1.54) is 6.07 Å². The summed E-state index contributed by atoms with van der Waals surface area (Å²) < 4.78 is 14.3. The normalized spacial score (nSPS) is 9.71. The van der Waals surface area contributed by atoms with E-state index in [1.807, 2.05) is 6.07 Å². The second-order valence-corrected chi connectivity index (χ2v) is 4.36. The van der Waals surface area contributed by atoms with E-state index in [0.29, 0.717) is 16.9 Å². The third-order valence-corrected chi connectivity index (χ3v) is 2.69. The average Bonchev–Trinajstić information content (AvgIpc) is 2.34. The maximum absolute atomic E-state index is 13.5. The first-order valence-electron chi connectivity index (χ1n) is 4.91. The molecule has 0 aliphatic heterocycles. The highest BCUT2D eigenvalue weighted by Gasteiger charge is 2.03. The lowest BCUT2D eigenvalue weighted by Crippen LogP contribution is -1.94. The van der Waals surface area contributed by atoms with Crippen LogP contribution in [0.4, 0.5) is 15.8 Å². The van der Waals surface area contributed by atoms with Crippen molar-refractivity contribution in [2.75, 3.05) is 5.32 Å². The van der Waals surface area contributed by atoms with Gasteiger partial charge < -0.3 is 5.32 Å². The van der Waals surface area contributed by atoms with Crippen molar-refractivity contribution in [1.29, 1.82) is 5.26 Å². The van der Waals surface area contributed by atoms with E-state index >= 15 is 0 Å². The van der Waals surface area contributed by atoms with E-state index in [4.69, 9.17) is 5.26 Å². The zero-order chi connectivity index (χ0) is 12.3. The molecule has 0 spiro atoms. The first-order valence-corrected chi connectivity index (χ1v) is 5.70. The van der Waals surface area contributed by atoms with Crippen molar-refractivity contribution >= 4 is 27.3 Å². The van der Waals surface area contributed by atoms with Gasteiger partial charge in [-0.3, -0.25) is 0 Å². The largest absolute Gasteiger partial charge is 0.353 e. The molecule has 2 rings (SSSR count). The molecule has 0 aliphatic carbocycles. The van der Waals surface area contributed by atoms with Crippen LogP contribution in [0.1, 0.15) is 5.56 Å². The molecule has 0 fully saturated rings. The van der Waals surface area contributed by atoms with E-state index in [2.05, 4.69) is 21.2 Å². The molecule has 0 saturated carbocycles. The Balaban J connectivity index is 2.31. The summed E-state index contributed by atoms with van der Waals surface area (Å²) in [4.78, 5) is 0. The molecule has 1 N–H and O–H groups in total. The Morgan fingerprint density at radius 3 is 2.76 bits per heavy atom. The third kappa shape index (κ3) is 2.83. The Kier molecular flexibility index (Phi) is 3.40. The molecule has 0 atom stereocenters. The number of nitriles is 1. The van der Waals surface area contributed by atoms with Crippen LogP contribution in [-0.2, 0) is 0 Å². The van der Waals surface area contributed by atoms with Gasteiger partial charge in [0.25, 0.3) is 0 Å². The molecule has 0 heterocycles. The predicted octanol–water partition coefficient (Wildman–Crippen LogP) is 4.20. The number of halogens is 2. The SMILES string of the molecule is N#Cc1cccc(Nc2cc(Br)ccc2F)c1. The Hall–Kier alpha value is -1.86. The highest BCUT2D eigenvalue weighted by atomic mass is 79.9. The Morgan fingerprint density at radius 1 is 1.18 bits per heavy atom. The van der Waals surface area contributed by atoms with Gasteiger partial charge in [0.1, 0.15) is 5.82 Å². The Morgan fingerprint density at radius 2 is 2.00 bits per heavy atom. The molecule has 0 aliphatic rings. The fourth-order valence-corrected chi connectivity index (χ4v) is 1.78. The van der Waals surface area contributed by atoms with Crippen molar-refractivity contribution in [3.05, 3.63) is 58.3 Å². The quantitative estimate of drug-likeness (QED) is 0.900. The van der Waals surface area contributed by atoms with Gasteiger partial charge in [0, 0.05) is 10.2 Å².